The zero-order chi connectivity index (χ0) is 22.3. The molecular formula is C19H19F2NO7S. The van der Waals surface area contributed by atoms with Crippen LogP contribution in [0.15, 0.2) is 47.4 Å². The van der Waals surface area contributed by atoms with E-state index in [0.717, 1.165) is 24.3 Å². The summed E-state index contributed by atoms with van der Waals surface area (Å²) >= 11 is 0. The van der Waals surface area contributed by atoms with E-state index < -0.39 is 39.0 Å². The van der Waals surface area contributed by atoms with Crippen LogP contribution in [0.2, 0.25) is 0 Å². The number of methoxy groups -OCH3 is 2. The molecule has 0 aromatic heterocycles. The SMILES string of the molecule is COc1ccc(CC(=O)OCC(=O)Nc2ccc(S(=O)(=O)C(F)F)cc2)c(OC)c1. The lowest BCUT2D eigenvalue weighted by Crippen LogP contribution is -2.21. The normalized spacial score (nSPS) is 11.1. The van der Waals surface area contributed by atoms with Crippen molar-refractivity contribution in [2.75, 3.05) is 26.1 Å². The summed E-state index contributed by atoms with van der Waals surface area (Å²) in [6.45, 7) is -0.589. The molecule has 2 aromatic carbocycles. The van der Waals surface area contributed by atoms with Crippen molar-refractivity contribution in [2.24, 2.45) is 0 Å². The standard InChI is InChI=1S/C19H19F2NO7S/c1-27-14-6-3-12(16(10-14)28-2)9-18(24)29-11-17(23)22-13-4-7-15(8-5-13)30(25,26)19(20)21/h3-8,10,19H,9,11H2,1-2H3,(H,22,23). The van der Waals surface area contributed by atoms with E-state index in [1.54, 1.807) is 18.2 Å². The fourth-order valence-electron chi connectivity index (χ4n) is 2.38. The van der Waals surface area contributed by atoms with Crippen LogP contribution in [0.1, 0.15) is 5.56 Å². The first-order valence-corrected chi connectivity index (χ1v) is 10.0. The molecule has 0 aliphatic heterocycles. The average molecular weight is 443 g/mol. The second-order valence-corrected chi connectivity index (χ2v) is 7.81. The first-order valence-electron chi connectivity index (χ1n) is 8.46. The summed E-state index contributed by atoms with van der Waals surface area (Å²) in [5, 5.41) is 2.37. The van der Waals surface area contributed by atoms with E-state index in [4.69, 9.17) is 14.2 Å². The number of carbonyl (C=O) groups is 2. The molecule has 0 saturated carbocycles. The average Bonchev–Trinajstić information content (AvgIpc) is 2.72. The van der Waals surface area contributed by atoms with Gasteiger partial charge in [0.25, 0.3) is 5.91 Å². The number of nitrogens with one attached hydrogen (secondary N) is 1. The summed E-state index contributed by atoms with van der Waals surface area (Å²) < 4.78 is 62.9. The molecule has 2 aromatic rings. The molecule has 0 atom stereocenters. The number of sulfone groups is 1. The van der Waals surface area contributed by atoms with Crippen LogP contribution < -0.4 is 14.8 Å². The molecule has 1 N–H and O–H groups in total. The second kappa shape index (κ2) is 10.0. The van der Waals surface area contributed by atoms with E-state index in [-0.39, 0.29) is 12.1 Å². The van der Waals surface area contributed by atoms with Crippen molar-refractivity contribution in [1.82, 2.24) is 0 Å². The number of hydrogen-bond acceptors (Lipinski definition) is 7. The summed E-state index contributed by atoms with van der Waals surface area (Å²) in [5.41, 5.74) is 0.695. The maximum atomic E-state index is 12.5. The number of rotatable bonds is 9. The number of halogens is 2. The molecule has 1 amide bonds. The van der Waals surface area contributed by atoms with Crippen molar-refractivity contribution in [1.29, 1.82) is 0 Å². The maximum absolute atomic E-state index is 12.5. The molecule has 0 bridgehead atoms. The van der Waals surface area contributed by atoms with E-state index in [2.05, 4.69) is 5.32 Å². The third-order valence-corrected chi connectivity index (χ3v) is 5.29. The summed E-state index contributed by atoms with van der Waals surface area (Å²) in [7, 11) is -1.79. The minimum Gasteiger partial charge on any atom is -0.497 e. The molecule has 11 heteroatoms. The minimum atomic E-state index is -4.72. The Kier molecular flexibility index (Phi) is 7.70. The molecule has 2 rings (SSSR count). The van der Waals surface area contributed by atoms with Crippen LogP contribution in [0, 0.1) is 0 Å². The van der Waals surface area contributed by atoms with Gasteiger partial charge in [0.15, 0.2) is 6.61 Å². The molecular weight excluding hydrogens is 424 g/mol. The van der Waals surface area contributed by atoms with Gasteiger partial charge in [-0.3, -0.25) is 9.59 Å². The number of carbonyl (C=O) groups excluding carboxylic acids is 2. The fourth-order valence-corrected chi connectivity index (χ4v) is 3.10. The van der Waals surface area contributed by atoms with E-state index in [0.29, 0.717) is 17.1 Å². The monoisotopic (exact) mass is 443 g/mol. The Balaban J connectivity index is 1.90. The summed E-state index contributed by atoms with van der Waals surface area (Å²) in [6, 6.07) is 9.07. The smallest absolute Gasteiger partial charge is 0.341 e. The van der Waals surface area contributed by atoms with Gasteiger partial charge in [-0.2, -0.15) is 8.78 Å². The van der Waals surface area contributed by atoms with E-state index in [9.17, 15) is 26.8 Å². The predicted octanol–water partition coefficient (Wildman–Crippen LogP) is 2.42. The number of amides is 1. The van der Waals surface area contributed by atoms with Crippen molar-refractivity contribution >= 4 is 27.4 Å². The third kappa shape index (κ3) is 5.89. The lowest BCUT2D eigenvalue weighted by atomic mass is 10.1. The highest BCUT2D eigenvalue weighted by atomic mass is 32.2. The number of hydrogen-bond donors (Lipinski definition) is 1. The number of anilines is 1. The van der Waals surface area contributed by atoms with Crippen molar-refractivity contribution in [3.05, 3.63) is 48.0 Å². The minimum absolute atomic E-state index is 0.138. The topological polar surface area (TPSA) is 108 Å². The van der Waals surface area contributed by atoms with Gasteiger partial charge in [0, 0.05) is 17.3 Å². The molecule has 30 heavy (non-hydrogen) atoms. The van der Waals surface area contributed by atoms with Crippen molar-refractivity contribution in [3.63, 3.8) is 0 Å². The Hall–Kier alpha value is -3.21. The molecule has 0 aliphatic rings. The number of ether oxygens (including phenoxy) is 3. The quantitative estimate of drug-likeness (QED) is 0.593. The molecule has 0 heterocycles. The van der Waals surface area contributed by atoms with Gasteiger partial charge in [0.05, 0.1) is 25.5 Å². The van der Waals surface area contributed by atoms with Crippen molar-refractivity contribution in [3.8, 4) is 11.5 Å². The molecule has 0 spiro atoms. The Morgan fingerprint density at radius 2 is 1.70 bits per heavy atom. The highest BCUT2D eigenvalue weighted by Crippen LogP contribution is 2.25. The van der Waals surface area contributed by atoms with E-state index >= 15 is 0 Å². The zero-order valence-corrected chi connectivity index (χ0v) is 16.9. The summed E-state index contributed by atoms with van der Waals surface area (Å²) in [4.78, 5) is 23.3. The predicted molar refractivity (Wildman–Crippen MR) is 102 cm³/mol. The van der Waals surface area contributed by atoms with Crippen LogP contribution in [0.5, 0.6) is 11.5 Å². The van der Waals surface area contributed by atoms with Crippen LogP contribution in [-0.4, -0.2) is 46.9 Å². The first kappa shape index (κ1) is 23.1. The van der Waals surface area contributed by atoms with Gasteiger partial charge in [-0.05, 0) is 30.3 Å². The molecule has 0 fully saturated rings. The molecule has 0 saturated heterocycles. The van der Waals surface area contributed by atoms with Crippen LogP contribution in [0.25, 0.3) is 0 Å². The third-order valence-electron chi connectivity index (χ3n) is 3.89. The highest BCUT2D eigenvalue weighted by Gasteiger charge is 2.26. The molecule has 162 valence electrons. The first-order chi connectivity index (χ1) is 14.2. The van der Waals surface area contributed by atoms with Gasteiger partial charge in [0.2, 0.25) is 9.84 Å². The molecule has 0 unspecified atom stereocenters. The van der Waals surface area contributed by atoms with Gasteiger partial charge in [0.1, 0.15) is 11.5 Å². The fraction of sp³-hybridized carbons (Fsp3) is 0.263. The van der Waals surface area contributed by atoms with Crippen LogP contribution in [0.4, 0.5) is 14.5 Å². The number of benzene rings is 2. The molecule has 0 radical (unpaired) electrons. The van der Waals surface area contributed by atoms with Gasteiger partial charge >= 0.3 is 11.7 Å². The van der Waals surface area contributed by atoms with Gasteiger partial charge in [-0.25, -0.2) is 8.42 Å². The Bertz CT molecular complexity index is 1010. The van der Waals surface area contributed by atoms with Crippen LogP contribution in [-0.2, 0) is 30.6 Å². The maximum Gasteiger partial charge on any atom is 0.341 e. The Morgan fingerprint density at radius 3 is 2.27 bits per heavy atom. The second-order valence-electron chi connectivity index (χ2n) is 5.89. The zero-order valence-electron chi connectivity index (χ0n) is 16.1. The van der Waals surface area contributed by atoms with Crippen molar-refractivity contribution < 1.29 is 41.0 Å². The highest BCUT2D eigenvalue weighted by molar-refractivity contribution is 7.91. The number of alkyl halides is 2. The summed E-state index contributed by atoms with van der Waals surface area (Å²) in [6.07, 6.45) is -0.138. The van der Waals surface area contributed by atoms with E-state index in [1.165, 1.54) is 14.2 Å². The summed E-state index contributed by atoms with van der Waals surface area (Å²) in [5.74, 6) is -3.92. The number of esters is 1. The van der Waals surface area contributed by atoms with Gasteiger partial charge < -0.3 is 19.5 Å². The Labute approximate surface area is 171 Å². The lowest BCUT2D eigenvalue weighted by Gasteiger charge is -2.11. The Morgan fingerprint density at radius 1 is 1.03 bits per heavy atom. The van der Waals surface area contributed by atoms with Gasteiger partial charge in [-0.15, -0.1) is 0 Å². The van der Waals surface area contributed by atoms with Crippen molar-refractivity contribution in [2.45, 2.75) is 17.1 Å². The lowest BCUT2D eigenvalue weighted by molar-refractivity contribution is -0.146. The van der Waals surface area contributed by atoms with Gasteiger partial charge in [-0.1, -0.05) is 6.07 Å². The molecule has 0 aliphatic carbocycles. The van der Waals surface area contributed by atoms with Crippen LogP contribution in [0.3, 0.4) is 0 Å². The molecule has 8 nitrogen and oxygen atoms in total. The largest absolute Gasteiger partial charge is 0.497 e. The van der Waals surface area contributed by atoms with Crippen LogP contribution >= 0.6 is 0 Å². The van der Waals surface area contributed by atoms with E-state index in [1.807, 2.05) is 0 Å².